The molecule has 2 amide bonds. The maximum Gasteiger partial charge on any atom is 0.238 e. The minimum absolute atomic E-state index is 0.0243. The highest BCUT2D eigenvalue weighted by Gasteiger charge is 2.14. The minimum atomic E-state index is -3.77. The number of primary amides is 1. The van der Waals surface area contributed by atoms with Crippen molar-refractivity contribution in [2.45, 2.75) is 18.2 Å². The Hall–Kier alpha value is -1.93. The molecule has 0 atom stereocenters. The molecule has 4 N–H and O–H groups in total. The van der Waals surface area contributed by atoms with E-state index < -0.39 is 15.9 Å². The normalized spacial score (nSPS) is 11.1. The molecule has 0 heterocycles. The average Bonchev–Trinajstić information content (AvgIpc) is 2.27. The molecule has 0 bridgehead atoms. The summed E-state index contributed by atoms with van der Waals surface area (Å²) in [5, 5.41) is 4.97. The van der Waals surface area contributed by atoms with Crippen LogP contribution in [0.1, 0.15) is 13.3 Å². The van der Waals surface area contributed by atoms with Crippen LogP contribution in [-0.4, -0.2) is 26.8 Å². The third kappa shape index (κ3) is 4.34. The molecule has 104 valence electrons. The maximum atomic E-state index is 11.5. The number of benzene rings is 1. The van der Waals surface area contributed by atoms with Crippen LogP contribution in [0, 0.1) is 0 Å². The highest BCUT2D eigenvalue weighted by molar-refractivity contribution is 7.89. The molecular weight excluding hydrogens is 270 g/mol. The molecule has 0 saturated carbocycles. The lowest BCUT2D eigenvalue weighted by atomic mass is 10.2. The summed E-state index contributed by atoms with van der Waals surface area (Å²) in [6.07, 6.45) is 0.0243. The Morgan fingerprint density at radius 2 is 1.74 bits per heavy atom. The van der Waals surface area contributed by atoms with Crippen molar-refractivity contribution in [1.29, 1.82) is 0 Å². The molecule has 19 heavy (non-hydrogen) atoms. The third-order valence-corrected chi connectivity index (χ3v) is 3.37. The lowest BCUT2D eigenvalue weighted by Gasteiger charge is -2.20. The largest absolute Gasteiger partial charge is 0.370 e. The molecule has 8 heteroatoms. The van der Waals surface area contributed by atoms with Crippen molar-refractivity contribution in [1.82, 2.24) is 0 Å². The first-order valence-corrected chi connectivity index (χ1v) is 6.95. The Kier molecular flexibility index (Phi) is 4.62. The summed E-state index contributed by atoms with van der Waals surface area (Å²) in [6, 6.07) is 5.49. The van der Waals surface area contributed by atoms with E-state index in [1.165, 1.54) is 36.1 Å². The van der Waals surface area contributed by atoms with Crippen molar-refractivity contribution in [3.8, 4) is 0 Å². The Morgan fingerprint density at radius 3 is 2.11 bits per heavy atom. The van der Waals surface area contributed by atoms with Crippen molar-refractivity contribution >= 4 is 27.5 Å². The van der Waals surface area contributed by atoms with E-state index in [2.05, 4.69) is 0 Å². The van der Waals surface area contributed by atoms with E-state index in [0.29, 0.717) is 5.69 Å². The molecule has 0 radical (unpaired) electrons. The second-order valence-electron chi connectivity index (χ2n) is 3.93. The van der Waals surface area contributed by atoms with Crippen LogP contribution in [0.2, 0.25) is 0 Å². The van der Waals surface area contributed by atoms with Gasteiger partial charge in [-0.25, -0.2) is 13.6 Å². The second-order valence-corrected chi connectivity index (χ2v) is 5.49. The first-order valence-electron chi connectivity index (χ1n) is 5.41. The minimum Gasteiger partial charge on any atom is -0.370 e. The fourth-order valence-electron chi connectivity index (χ4n) is 1.51. The Bertz CT molecular complexity index is 580. The van der Waals surface area contributed by atoms with Gasteiger partial charge in [0.2, 0.25) is 21.8 Å². The first-order chi connectivity index (χ1) is 8.71. The summed E-state index contributed by atoms with van der Waals surface area (Å²) < 4.78 is 22.2. The summed E-state index contributed by atoms with van der Waals surface area (Å²) in [5.41, 5.74) is 5.50. The van der Waals surface area contributed by atoms with Gasteiger partial charge in [-0.2, -0.15) is 0 Å². The lowest BCUT2D eigenvalue weighted by molar-refractivity contribution is -0.118. The Balaban J connectivity index is 2.98. The number of sulfonamides is 1. The van der Waals surface area contributed by atoms with Crippen LogP contribution in [0.15, 0.2) is 29.2 Å². The van der Waals surface area contributed by atoms with Gasteiger partial charge in [0.15, 0.2) is 0 Å². The molecule has 0 spiro atoms. The topological polar surface area (TPSA) is 124 Å². The van der Waals surface area contributed by atoms with Crippen molar-refractivity contribution in [2.24, 2.45) is 10.9 Å². The average molecular weight is 285 g/mol. The number of nitrogens with two attached hydrogens (primary N) is 2. The quantitative estimate of drug-likeness (QED) is 0.761. The number of hydrogen-bond acceptors (Lipinski definition) is 4. The van der Waals surface area contributed by atoms with Crippen LogP contribution in [0.3, 0.4) is 0 Å². The Morgan fingerprint density at radius 1 is 1.21 bits per heavy atom. The molecule has 1 rings (SSSR count). The van der Waals surface area contributed by atoms with Gasteiger partial charge >= 0.3 is 0 Å². The van der Waals surface area contributed by atoms with Crippen LogP contribution in [-0.2, 0) is 19.6 Å². The molecule has 0 aliphatic rings. The SMILES string of the molecule is CC(=O)N(CCC(N)=O)c1ccc(S(N)(=O)=O)cc1. The van der Waals surface area contributed by atoms with Crippen LogP contribution in [0.4, 0.5) is 5.69 Å². The van der Waals surface area contributed by atoms with Crippen molar-refractivity contribution in [3.05, 3.63) is 24.3 Å². The molecule has 1 aromatic rings. The van der Waals surface area contributed by atoms with E-state index >= 15 is 0 Å². The van der Waals surface area contributed by atoms with Gasteiger partial charge in [-0.1, -0.05) is 0 Å². The van der Waals surface area contributed by atoms with Crippen LogP contribution < -0.4 is 15.8 Å². The fraction of sp³-hybridized carbons (Fsp3) is 0.273. The molecule has 0 aliphatic carbocycles. The zero-order chi connectivity index (χ0) is 14.6. The third-order valence-electron chi connectivity index (χ3n) is 2.44. The second kappa shape index (κ2) is 5.81. The zero-order valence-corrected chi connectivity index (χ0v) is 11.2. The van der Waals surface area contributed by atoms with E-state index in [0.717, 1.165) is 0 Å². The number of anilines is 1. The molecular formula is C11H15N3O4S. The predicted octanol–water partition coefficient (Wildman–Crippen LogP) is -0.438. The van der Waals surface area contributed by atoms with Crippen molar-refractivity contribution < 1.29 is 18.0 Å². The number of carbonyl (C=O) groups excluding carboxylic acids is 2. The summed E-state index contributed by atoms with van der Waals surface area (Å²) in [4.78, 5) is 23.5. The lowest BCUT2D eigenvalue weighted by Crippen LogP contribution is -2.32. The molecule has 0 fully saturated rings. The molecule has 0 unspecified atom stereocenters. The number of rotatable bonds is 5. The summed E-state index contributed by atoms with van der Waals surface area (Å²) in [7, 11) is -3.77. The number of hydrogen-bond donors (Lipinski definition) is 2. The molecule has 0 saturated heterocycles. The van der Waals surface area contributed by atoms with Gasteiger partial charge in [0, 0.05) is 25.6 Å². The van der Waals surface area contributed by atoms with Gasteiger partial charge in [-0.3, -0.25) is 9.59 Å². The Labute approximate surface area is 111 Å². The first kappa shape index (κ1) is 15.1. The van der Waals surface area contributed by atoms with E-state index in [-0.39, 0.29) is 23.8 Å². The molecule has 0 aliphatic heterocycles. The zero-order valence-electron chi connectivity index (χ0n) is 10.4. The van der Waals surface area contributed by atoms with Gasteiger partial charge in [0.05, 0.1) is 4.90 Å². The summed E-state index contributed by atoms with van der Waals surface area (Å²) >= 11 is 0. The van der Waals surface area contributed by atoms with E-state index in [9.17, 15) is 18.0 Å². The van der Waals surface area contributed by atoms with Crippen LogP contribution in [0.25, 0.3) is 0 Å². The highest BCUT2D eigenvalue weighted by atomic mass is 32.2. The summed E-state index contributed by atoms with van der Waals surface area (Å²) in [6.45, 7) is 1.48. The number of primary sulfonamides is 1. The van der Waals surface area contributed by atoms with Crippen LogP contribution in [0.5, 0.6) is 0 Å². The predicted molar refractivity (Wildman–Crippen MR) is 69.7 cm³/mol. The van der Waals surface area contributed by atoms with Gasteiger partial charge in [-0.15, -0.1) is 0 Å². The van der Waals surface area contributed by atoms with E-state index in [4.69, 9.17) is 10.9 Å². The maximum absolute atomic E-state index is 11.5. The van der Waals surface area contributed by atoms with Crippen molar-refractivity contribution in [2.75, 3.05) is 11.4 Å². The standard InChI is InChI=1S/C11H15N3O4S/c1-8(15)14(7-6-11(12)16)9-2-4-10(5-3-9)19(13,17)18/h2-5H,6-7H2,1H3,(H2,12,16)(H2,13,17,18). The highest BCUT2D eigenvalue weighted by Crippen LogP contribution is 2.17. The summed E-state index contributed by atoms with van der Waals surface area (Å²) in [5.74, 6) is -0.794. The van der Waals surface area contributed by atoms with Crippen LogP contribution >= 0.6 is 0 Å². The molecule has 0 aromatic heterocycles. The number of nitrogens with zero attached hydrogens (tertiary/aromatic N) is 1. The fourth-order valence-corrected chi connectivity index (χ4v) is 2.02. The molecule has 1 aromatic carbocycles. The van der Waals surface area contributed by atoms with Gasteiger partial charge in [0.25, 0.3) is 0 Å². The van der Waals surface area contributed by atoms with E-state index in [1.807, 2.05) is 0 Å². The monoisotopic (exact) mass is 285 g/mol. The molecule has 7 nitrogen and oxygen atoms in total. The smallest absolute Gasteiger partial charge is 0.238 e. The van der Waals surface area contributed by atoms with Gasteiger partial charge in [0.1, 0.15) is 0 Å². The van der Waals surface area contributed by atoms with Gasteiger partial charge in [-0.05, 0) is 24.3 Å². The number of amides is 2. The number of carbonyl (C=O) groups is 2. The van der Waals surface area contributed by atoms with E-state index in [1.54, 1.807) is 0 Å². The van der Waals surface area contributed by atoms with Gasteiger partial charge < -0.3 is 10.6 Å². The van der Waals surface area contributed by atoms with Crippen molar-refractivity contribution in [3.63, 3.8) is 0 Å².